The van der Waals surface area contributed by atoms with Gasteiger partial charge in [0.25, 0.3) is 0 Å². The van der Waals surface area contributed by atoms with Crippen LogP contribution in [0.2, 0.25) is 0 Å². The second-order valence-electron chi connectivity index (χ2n) is 5.33. The largest absolute Gasteiger partial charge is 0.497 e. The molecule has 0 saturated heterocycles. The highest BCUT2D eigenvalue weighted by atomic mass is 16.5. The number of hydrogen-bond acceptors (Lipinski definition) is 2. The van der Waals surface area contributed by atoms with Crippen molar-refractivity contribution >= 4 is 16.9 Å². The van der Waals surface area contributed by atoms with Gasteiger partial charge < -0.3 is 14.4 Å². The molecule has 0 spiro atoms. The number of aromatic nitrogens is 1. The third-order valence-electron chi connectivity index (χ3n) is 3.86. The van der Waals surface area contributed by atoms with Crippen LogP contribution in [0.4, 0.5) is 0 Å². The van der Waals surface area contributed by atoms with Gasteiger partial charge in [0.15, 0.2) is 0 Å². The first-order valence-electron chi connectivity index (χ1n) is 6.17. The molecule has 4 heteroatoms. The number of ether oxygens (including phenoxy) is 1. The number of carbonyl (C=O) groups is 1. The minimum absolute atomic E-state index is 0.737. The Labute approximate surface area is 112 Å². The zero-order chi connectivity index (χ0) is 14.4. The minimum atomic E-state index is -0.935. The van der Waals surface area contributed by atoms with E-state index in [0.717, 1.165) is 27.9 Å². The van der Waals surface area contributed by atoms with Gasteiger partial charge in [-0.25, -0.2) is 0 Å². The van der Waals surface area contributed by atoms with E-state index in [-0.39, 0.29) is 0 Å². The zero-order valence-electron chi connectivity index (χ0n) is 11.9. The summed E-state index contributed by atoms with van der Waals surface area (Å²) in [6, 6.07) is 5.75. The average Bonchev–Trinajstić information content (AvgIpc) is 2.61. The van der Waals surface area contributed by atoms with Crippen LogP contribution >= 0.6 is 0 Å². The van der Waals surface area contributed by atoms with Gasteiger partial charge >= 0.3 is 5.97 Å². The topological polar surface area (TPSA) is 51.5 Å². The molecule has 2 rings (SSSR count). The number of fused-ring (bicyclic) bond motifs is 1. The molecule has 1 aromatic heterocycles. The van der Waals surface area contributed by atoms with Crippen molar-refractivity contribution in [2.24, 2.45) is 7.05 Å². The summed E-state index contributed by atoms with van der Waals surface area (Å²) in [7, 11) is 3.56. The van der Waals surface area contributed by atoms with Crippen molar-refractivity contribution in [3.63, 3.8) is 0 Å². The van der Waals surface area contributed by atoms with E-state index in [2.05, 4.69) is 0 Å². The second kappa shape index (κ2) is 4.30. The molecule has 1 heterocycles. The van der Waals surface area contributed by atoms with Crippen molar-refractivity contribution in [2.75, 3.05) is 7.11 Å². The van der Waals surface area contributed by atoms with E-state index < -0.39 is 11.4 Å². The SMILES string of the molecule is COc1ccc2c(c1)c(C(C)(C)C(=O)O)c(C)n2C. The fourth-order valence-electron chi connectivity index (χ4n) is 2.57. The van der Waals surface area contributed by atoms with Crippen LogP contribution in [-0.2, 0) is 17.3 Å². The Bertz CT molecular complexity index is 653. The highest BCUT2D eigenvalue weighted by Crippen LogP contribution is 2.36. The van der Waals surface area contributed by atoms with Gasteiger partial charge in [0.05, 0.1) is 12.5 Å². The van der Waals surface area contributed by atoms with Crippen LogP contribution in [0.3, 0.4) is 0 Å². The lowest BCUT2D eigenvalue weighted by atomic mass is 9.83. The number of benzene rings is 1. The maximum atomic E-state index is 11.5. The number of aryl methyl sites for hydroxylation is 1. The molecule has 0 atom stereocenters. The van der Waals surface area contributed by atoms with Crippen LogP contribution < -0.4 is 4.74 Å². The van der Waals surface area contributed by atoms with Gasteiger partial charge in [-0.1, -0.05) is 0 Å². The molecule has 0 unspecified atom stereocenters. The van der Waals surface area contributed by atoms with Crippen LogP contribution in [-0.4, -0.2) is 22.8 Å². The first-order valence-corrected chi connectivity index (χ1v) is 6.17. The van der Waals surface area contributed by atoms with Crippen molar-refractivity contribution < 1.29 is 14.6 Å². The van der Waals surface area contributed by atoms with Gasteiger partial charge in [-0.2, -0.15) is 0 Å². The van der Waals surface area contributed by atoms with E-state index >= 15 is 0 Å². The normalized spacial score (nSPS) is 11.8. The smallest absolute Gasteiger partial charge is 0.313 e. The van der Waals surface area contributed by atoms with Crippen LogP contribution in [0.25, 0.3) is 10.9 Å². The van der Waals surface area contributed by atoms with E-state index in [9.17, 15) is 9.90 Å². The fraction of sp³-hybridized carbons (Fsp3) is 0.400. The molecular weight excluding hydrogens is 242 g/mol. The number of aliphatic carboxylic acids is 1. The van der Waals surface area contributed by atoms with E-state index in [4.69, 9.17) is 4.74 Å². The lowest BCUT2D eigenvalue weighted by Gasteiger charge is -2.20. The molecule has 4 nitrogen and oxygen atoms in total. The third-order valence-corrected chi connectivity index (χ3v) is 3.86. The molecule has 0 aliphatic carbocycles. The first kappa shape index (κ1) is 13.5. The Kier molecular flexibility index (Phi) is 3.04. The molecule has 0 aliphatic rings. The molecule has 0 saturated carbocycles. The maximum Gasteiger partial charge on any atom is 0.313 e. The summed E-state index contributed by atoms with van der Waals surface area (Å²) < 4.78 is 7.27. The quantitative estimate of drug-likeness (QED) is 0.924. The van der Waals surface area contributed by atoms with Crippen LogP contribution in [0.1, 0.15) is 25.1 Å². The predicted octanol–water partition coefficient (Wildman–Crippen LogP) is 2.86. The predicted molar refractivity (Wildman–Crippen MR) is 74.9 cm³/mol. The molecule has 102 valence electrons. The van der Waals surface area contributed by atoms with Crippen molar-refractivity contribution in [3.05, 3.63) is 29.5 Å². The van der Waals surface area contributed by atoms with Crippen LogP contribution in [0, 0.1) is 6.92 Å². The summed E-state index contributed by atoms with van der Waals surface area (Å²) in [5.74, 6) is -0.0912. The third kappa shape index (κ3) is 1.87. The summed E-state index contributed by atoms with van der Waals surface area (Å²) in [5.41, 5.74) is 1.89. The van der Waals surface area contributed by atoms with E-state index in [1.165, 1.54) is 0 Å². The van der Waals surface area contributed by atoms with Crippen molar-refractivity contribution in [3.8, 4) is 5.75 Å². The molecular formula is C15H19NO3. The van der Waals surface area contributed by atoms with E-state index in [0.29, 0.717) is 0 Å². The van der Waals surface area contributed by atoms with Crippen LogP contribution in [0.15, 0.2) is 18.2 Å². The summed E-state index contributed by atoms with van der Waals surface area (Å²) >= 11 is 0. The summed E-state index contributed by atoms with van der Waals surface area (Å²) in [6.07, 6.45) is 0. The lowest BCUT2D eigenvalue weighted by molar-refractivity contribution is -0.142. The molecule has 2 aromatic rings. The van der Waals surface area contributed by atoms with Gasteiger partial charge in [-0.3, -0.25) is 4.79 Å². The number of nitrogens with zero attached hydrogens (tertiary/aromatic N) is 1. The monoisotopic (exact) mass is 261 g/mol. The van der Waals surface area contributed by atoms with Gasteiger partial charge in [0.1, 0.15) is 5.75 Å². The van der Waals surface area contributed by atoms with Crippen molar-refractivity contribution in [1.29, 1.82) is 0 Å². The lowest BCUT2D eigenvalue weighted by Crippen LogP contribution is -2.29. The second-order valence-corrected chi connectivity index (χ2v) is 5.33. The van der Waals surface area contributed by atoms with Gasteiger partial charge in [0.2, 0.25) is 0 Å². The molecule has 0 aliphatic heterocycles. The van der Waals surface area contributed by atoms with Gasteiger partial charge in [-0.15, -0.1) is 0 Å². The Morgan fingerprint density at radius 3 is 2.53 bits per heavy atom. The number of carboxylic acid groups (broad SMARTS) is 1. The zero-order valence-corrected chi connectivity index (χ0v) is 11.9. The molecule has 0 bridgehead atoms. The molecule has 0 amide bonds. The Hall–Kier alpha value is -1.97. The number of carboxylic acids is 1. The number of methoxy groups -OCH3 is 1. The Morgan fingerprint density at radius 1 is 1.37 bits per heavy atom. The van der Waals surface area contributed by atoms with Crippen molar-refractivity contribution in [2.45, 2.75) is 26.2 Å². The maximum absolute atomic E-state index is 11.5. The molecule has 1 aromatic carbocycles. The van der Waals surface area contributed by atoms with Gasteiger partial charge in [0, 0.05) is 23.6 Å². The van der Waals surface area contributed by atoms with Crippen molar-refractivity contribution in [1.82, 2.24) is 4.57 Å². The summed E-state index contributed by atoms with van der Waals surface area (Å²) in [6.45, 7) is 5.42. The molecule has 0 fully saturated rings. The molecule has 0 radical (unpaired) electrons. The Balaban J connectivity index is 2.86. The number of rotatable bonds is 3. The average molecular weight is 261 g/mol. The Morgan fingerprint density at radius 2 is 2.00 bits per heavy atom. The molecule has 19 heavy (non-hydrogen) atoms. The van der Waals surface area contributed by atoms with E-state index in [1.807, 2.05) is 36.7 Å². The highest BCUT2D eigenvalue weighted by molar-refractivity contribution is 5.94. The van der Waals surface area contributed by atoms with Gasteiger partial charge in [-0.05, 0) is 44.5 Å². The van der Waals surface area contributed by atoms with Crippen LogP contribution in [0.5, 0.6) is 5.75 Å². The fourth-order valence-corrected chi connectivity index (χ4v) is 2.57. The summed E-state index contributed by atoms with van der Waals surface area (Å²) in [4.78, 5) is 11.5. The first-order chi connectivity index (χ1) is 8.80. The minimum Gasteiger partial charge on any atom is -0.497 e. The van der Waals surface area contributed by atoms with E-state index in [1.54, 1.807) is 21.0 Å². The number of hydrogen-bond donors (Lipinski definition) is 1. The standard InChI is InChI=1S/C15H19NO3/c1-9-13(15(2,3)14(17)18)11-8-10(19-5)6-7-12(11)16(9)4/h6-8H,1-5H3,(H,17,18). The summed E-state index contributed by atoms with van der Waals surface area (Å²) in [5, 5.41) is 10.4. The highest BCUT2D eigenvalue weighted by Gasteiger charge is 2.34. The molecule has 1 N–H and O–H groups in total.